The number of H-pyrrole nitrogens is 1. The number of benzene rings is 2. The van der Waals surface area contributed by atoms with Crippen LogP contribution < -0.4 is 21.3 Å². The van der Waals surface area contributed by atoms with Crippen LogP contribution in [-0.4, -0.2) is 40.7 Å². The molecule has 0 saturated carbocycles. The molecule has 2 aromatic heterocycles. The molecule has 5 N–H and O–H groups in total. The monoisotopic (exact) mass is 605 g/mol. The maximum absolute atomic E-state index is 13.2. The highest BCUT2D eigenvalue weighted by atomic mass is 35.5. The fourth-order valence-corrected chi connectivity index (χ4v) is 5.44. The molecule has 14 heteroatoms. The maximum atomic E-state index is 13.2. The summed E-state index contributed by atoms with van der Waals surface area (Å²) in [5.74, 6) is 0.221. The molecule has 11 nitrogen and oxygen atoms in total. The molecule has 2 heterocycles. The second-order valence-corrected chi connectivity index (χ2v) is 11.9. The number of sulfonamides is 1. The number of unbranched alkanes of at least 4 members (excludes halogenated alkanes) is 1. The average Bonchev–Trinajstić information content (AvgIpc) is 3.24. The molecule has 4 aromatic rings. The van der Waals surface area contributed by atoms with Crippen LogP contribution in [0.4, 0.5) is 10.5 Å². The quantitative estimate of drug-likeness (QED) is 0.202. The number of nitrogens with zero attached hydrogens (tertiary/aromatic N) is 3. The molecule has 0 saturated heterocycles. The molecule has 0 aliphatic rings. The first-order chi connectivity index (χ1) is 18.9. The number of primary sulfonamides is 1. The van der Waals surface area contributed by atoms with E-state index in [1.54, 1.807) is 12.1 Å². The van der Waals surface area contributed by atoms with E-state index in [2.05, 4.69) is 25.7 Å². The molecule has 2 aromatic carbocycles. The lowest BCUT2D eigenvalue weighted by atomic mass is 10.1. The lowest BCUT2D eigenvalue weighted by Crippen LogP contribution is -2.29. The highest BCUT2D eigenvalue weighted by Crippen LogP contribution is 2.34. The number of carbonyl (C=O) groups is 1. The fourth-order valence-electron chi connectivity index (χ4n) is 4.10. The third-order valence-electron chi connectivity index (χ3n) is 6.09. The van der Waals surface area contributed by atoms with E-state index < -0.39 is 10.0 Å². The van der Waals surface area contributed by atoms with Crippen LogP contribution >= 0.6 is 23.2 Å². The van der Waals surface area contributed by atoms with E-state index in [4.69, 9.17) is 28.3 Å². The zero-order valence-electron chi connectivity index (χ0n) is 22.1. The standard InChI is InChI=1S/C26H29Cl2N7O4S/c1-4-5-10-30-26(37)31-16-8-6-15(7-9-16)11-20-32-24-21(25(36)33-20)22(14(2)3)34-35(24)23-18(27)12-17(13-19(23)28)40(29,38)39/h6-9,12-14H,4-5,10-11H2,1-3H3,(H2,29,38,39)(H2,30,31,37)(H,32,33,36). The van der Waals surface area contributed by atoms with E-state index >= 15 is 0 Å². The van der Waals surface area contributed by atoms with Crippen molar-refractivity contribution in [3.05, 3.63) is 73.9 Å². The molecule has 0 radical (unpaired) electrons. The van der Waals surface area contributed by atoms with Crippen molar-refractivity contribution in [1.82, 2.24) is 25.1 Å². The van der Waals surface area contributed by atoms with Gasteiger partial charge in [-0.1, -0.05) is 62.5 Å². The lowest BCUT2D eigenvalue weighted by molar-refractivity contribution is 0.252. The van der Waals surface area contributed by atoms with Crippen LogP contribution in [0.5, 0.6) is 0 Å². The van der Waals surface area contributed by atoms with E-state index in [1.165, 1.54) is 16.8 Å². The van der Waals surface area contributed by atoms with Crippen molar-refractivity contribution >= 4 is 56.0 Å². The molecule has 40 heavy (non-hydrogen) atoms. The first kappa shape index (κ1) is 29.5. The topological polar surface area (TPSA) is 165 Å². The third-order valence-corrected chi connectivity index (χ3v) is 7.56. The summed E-state index contributed by atoms with van der Waals surface area (Å²) >= 11 is 12.9. The number of urea groups is 1. The molecule has 2 amide bonds. The molecular formula is C26H29Cl2N7O4S. The zero-order valence-corrected chi connectivity index (χ0v) is 24.4. The maximum Gasteiger partial charge on any atom is 0.319 e. The number of aromatic amines is 1. The number of anilines is 1. The molecule has 0 aliphatic carbocycles. The Bertz CT molecular complexity index is 1710. The Kier molecular flexibility index (Phi) is 8.83. The molecule has 0 fully saturated rings. The molecule has 4 rings (SSSR count). The van der Waals surface area contributed by atoms with Gasteiger partial charge in [-0.15, -0.1) is 0 Å². The third kappa shape index (κ3) is 6.47. The van der Waals surface area contributed by atoms with Gasteiger partial charge in [0.1, 0.15) is 16.9 Å². The van der Waals surface area contributed by atoms with Crippen molar-refractivity contribution in [3.8, 4) is 5.69 Å². The minimum absolute atomic E-state index is 0.0262. The molecular weight excluding hydrogens is 577 g/mol. The summed E-state index contributed by atoms with van der Waals surface area (Å²) in [5.41, 5.74) is 1.95. The Labute approximate surface area is 241 Å². The van der Waals surface area contributed by atoms with Crippen molar-refractivity contribution in [1.29, 1.82) is 0 Å². The van der Waals surface area contributed by atoms with Gasteiger partial charge in [0.25, 0.3) is 5.56 Å². The number of amides is 2. The van der Waals surface area contributed by atoms with Gasteiger partial charge in [-0.05, 0) is 42.2 Å². The van der Waals surface area contributed by atoms with Gasteiger partial charge in [-0.25, -0.2) is 28.0 Å². The number of aromatic nitrogens is 4. The van der Waals surface area contributed by atoms with E-state index in [0.29, 0.717) is 23.8 Å². The van der Waals surface area contributed by atoms with Gasteiger partial charge in [0.2, 0.25) is 10.0 Å². The summed E-state index contributed by atoms with van der Waals surface area (Å²) in [7, 11) is -4.06. The lowest BCUT2D eigenvalue weighted by Gasteiger charge is -2.11. The minimum atomic E-state index is -4.06. The highest BCUT2D eigenvalue weighted by molar-refractivity contribution is 7.89. The molecule has 0 aliphatic heterocycles. The fraction of sp³-hybridized carbons (Fsp3) is 0.308. The summed E-state index contributed by atoms with van der Waals surface area (Å²) in [6, 6.07) is 9.24. The Morgan fingerprint density at radius 1 is 1.15 bits per heavy atom. The van der Waals surface area contributed by atoms with E-state index in [-0.39, 0.29) is 55.6 Å². The second-order valence-electron chi connectivity index (χ2n) is 9.55. The van der Waals surface area contributed by atoms with Crippen molar-refractivity contribution in [2.75, 3.05) is 11.9 Å². The van der Waals surface area contributed by atoms with E-state index in [9.17, 15) is 18.0 Å². The van der Waals surface area contributed by atoms with Gasteiger partial charge in [0.15, 0.2) is 5.65 Å². The van der Waals surface area contributed by atoms with Crippen LogP contribution in [0.1, 0.15) is 56.6 Å². The average molecular weight is 607 g/mol. The normalized spacial score (nSPS) is 11.8. The summed E-state index contributed by atoms with van der Waals surface area (Å²) in [4.78, 5) is 32.5. The Morgan fingerprint density at radius 2 is 1.80 bits per heavy atom. The molecule has 0 unspecified atom stereocenters. The highest BCUT2D eigenvalue weighted by Gasteiger charge is 2.24. The number of nitrogens with two attached hydrogens (primary N) is 1. The summed E-state index contributed by atoms with van der Waals surface area (Å²) in [6.45, 7) is 6.41. The van der Waals surface area contributed by atoms with Crippen LogP contribution in [0.15, 0.2) is 46.1 Å². The van der Waals surface area contributed by atoms with E-state index in [0.717, 1.165) is 18.4 Å². The first-order valence-corrected chi connectivity index (χ1v) is 14.9. The molecule has 0 bridgehead atoms. The number of halogens is 2. The summed E-state index contributed by atoms with van der Waals surface area (Å²) < 4.78 is 25.0. The predicted molar refractivity (Wildman–Crippen MR) is 156 cm³/mol. The van der Waals surface area contributed by atoms with Crippen LogP contribution in [0.3, 0.4) is 0 Å². The van der Waals surface area contributed by atoms with Crippen molar-refractivity contribution < 1.29 is 13.2 Å². The largest absolute Gasteiger partial charge is 0.338 e. The number of rotatable bonds is 9. The number of hydrogen-bond donors (Lipinski definition) is 4. The molecule has 0 atom stereocenters. The van der Waals surface area contributed by atoms with Crippen LogP contribution in [0, 0.1) is 0 Å². The van der Waals surface area contributed by atoms with Crippen molar-refractivity contribution in [2.24, 2.45) is 5.14 Å². The van der Waals surface area contributed by atoms with Crippen LogP contribution in [-0.2, 0) is 16.4 Å². The summed E-state index contributed by atoms with van der Waals surface area (Å²) in [5, 5.41) is 15.6. The second kappa shape index (κ2) is 12.0. The van der Waals surface area contributed by atoms with Crippen molar-refractivity contribution in [3.63, 3.8) is 0 Å². The first-order valence-electron chi connectivity index (χ1n) is 12.6. The van der Waals surface area contributed by atoms with E-state index in [1.807, 2.05) is 32.9 Å². The Hall–Kier alpha value is -3.45. The Morgan fingerprint density at radius 3 is 2.38 bits per heavy atom. The van der Waals surface area contributed by atoms with Gasteiger partial charge >= 0.3 is 6.03 Å². The number of carbonyl (C=O) groups excluding carboxylic acids is 1. The SMILES string of the molecule is CCCCNC(=O)Nc1ccc(Cc2nc3c(c(C(C)C)nn3-c3c(Cl)cc(S(N)(=O)=O)cc3Cl)c(=O)[nH]2)cc1. The predicted octanol–water partition coefficient (Wildman–Crippen LogP) is 4.70. The van der Waals surface area contributed by atoms with Crippen LogP contribution in [0.2, 0.25) is 10.0 Å². The zero-order chi connectivity index (χ0) is 29.2. The molecule has 0 spiro atoms. The number of nitrogens with one attached hydrogen (secondary N) is 3. The molecule has 212 valence electrons. The van der Waals surface area contributed by atoms with Gasteiger partial charge in [-0.3, -0.25) is 4.79 Å². The van der Waals surface area contributed by atoms with Gasteiger partial charge in [-0.2, -0.15) is 5.10 Å². The smallest absolute Gasteiger partial charge is 0.319 e. The summed E-state index contributed by atoms with van der Waals surface area (Å²) in [6.07, 6.45) is 2.17. The minimum Gasteiger partial charge on any atom is -0.338 e. The Balaban J connectivity index is 1.71. The van der Waals surface area contributed by atoms with Gasteiger partial charge in [0.05, 0.1) is 20.6 Å². The van der Waals surface area contributed by atoms with Crippen molar-refractivity contribution in [2.45, 2.75) is 50.8 Å². The number of hydrogen-bond acceptors (Lipinski definition) is 6. The van der Waals surface area contributed by atoms with Gasteiger partial charge in [0, 0.05) is 18.7 Å². The van der Waals surface area contributed by atoms with Gasteiger partial charge < -0.3 is 15.6 Å². The number of fused-ring (bicyclic) bond motifs is 1. The van der Waals surface area contributed by atoms with Crippen LogP contribution in [0.25, 0.3) is 16.7 Å².